The number of hydrogen-bond acceptors (Lipinski definition) is 4. The van der Waals surface area contributed by atoms with Gasteiger partial charge in [-0.3, -0.25) is 24.5 Å². The molecule has 2 N–H and O–H groups in total. The van der Waals surface area contributed by atoms with Crippen molar-refractivity contribution in [2.45, 2.75) is 38.9 Å². The number of piperidine rings is 1. The van der Waals surface area contributed by atoms with Crippen LogP contribution in [0.15, 0.2) is 30.3 Å². The lowest BCUT2D eigenvalue weighted by Gasteiger charge is -2.29. The molecule has 2 heterocycles. The van der Waals surface area contributed by atoms with Gasteiger partial charge in [-0.1, -0.05) is 18.1 Å². The van der Waals surface area contributed by atoms with Crippen LogP contribution in [-0.4, -0.2) is 34.6 Å². The summed E-state index contributed by atoms with van der Waals surface area (Å²) >= 11 is 0. The third kappa shape index (κ3) is 4.60. The Morgan fingerprint density at radius 2 is 1.97 bits per heavy atom. The minimum absolute atomic E-state index is 0.0753. The first-order valence-corrected chi connectivity index (χ1v) is 10.2. The quantitative estimate of drug-likeness (QED) is 0.549. The Balaban J connectivity index is 1.40. The van der Waals surface area contributed by atoms with Gasteiger partial charge in [0.25, 0.3) is 11.8 Å². The molecule has 1 unspecified atom stereocenters. The fourth-order valence-electron chi connectivity index (χ4n) is 3.84. The van der Waals surface area contributed by atoms with Gasteiger partial charge >= 0.3 is 0 Å². The van der Waals surface area contributed by atoms with E-state index in [4.69, 9.17) is 0 Å². The molecule has 9 heteroatoms. The van der Waals surface area contributed by atoms with E-state index in [2.05, 4.69) is 22.5 Å². The highest BCUT2D eigenvalue weighted by molar-refractivity contribution is 6.05. The first-order chi connectivity index (χ1) is 15.7. The van der Waals surface area contributed by atoms with Crippen molar-refractivity contribution in [1.29, 1.82) is 0 Å². The molecule has 4 rings (SSSR count). The zero-order chi connectivity index (χ0) is 23.7. The number of imide groups is 1. The number of aryl methyl sites for hydroxylation is 1. The molecule has 1 saturated heterocycles. The van der Waals surface area contributed by atoms with Crippen LogP contribution >= 0.6 is 0 Å². The van der Waals surface area contributed by atoms with Crippen molar-refractivity contribution in [1.82, 2.24) is 15.5 Å². The number of fused-ring (bicyclic) bond motifs is 1. The summed E-state index contributed by atoms with van der Waals surface area (Å²) in [5.41, 5.74) is 2.04. The van der Waals surface area contributed by atoms with Gasteiger partial charge in [0, 0.05) is 37.1 Å². The predicted molar refractivity (Wildman–Crippen MR) is 112 cm³/mol. The summed E-state index contributed by atoms with van der Waals surface area (Å²) in [5, 5.41) is 4.85. The van der Waals surface area contributed by atoms with Crippen molar-refractivity contribution in [2.75, 3.05) is 0 Å². The van der Waals surface area contributed by atoms with Crippen LogP contribution in [-0.2, 0) is 27.5 Å². The Morgan fingerprint density at radius 1 is 1.18 bits per heavy atom. The molecule has 2 aliphatic heterocycles. The predicted octanol–water partition coefficient (Wildman–Crippen LogP) is 1.70. The maximum absolute atomic E-state index is 13.8. The summed E-state index contributed by atoms with van der Waals surface area (Å²) in [5.74, 6) is 1.39. The van der Waals surface area contributed by atoms with Gasteiger partial charge in [0.2, 0.25) is 11.8 Å². The number of halogens is 2. The molecule has 2 aliphatic rings. The molecule has 2 aromatic carbocycles. The smallest absolute Gasteiger partial charge is 0.296 e. The van der Waals surface area contributed by atoms with Gasteiger partial charge in [-0.25, -0.2) is 8.78 Å². The number of benzene rings is 2. The molecule has 33 heavy (non-hydrogen) atoms. The molecule has 0 aliphatic carbocycles. The van der Waals surface area contributed by atoms with Crippen molar-refractivity contribution < 1.29 is 28.0 Å². The lowest BCUT2D eigenvalue weighted by molar-refractivity contribution is -0.137. The highest BCUT2D eigenvalue weighted by Crippen LogP contribution is 2.28. The Morgan fingerprint density at radius 3 is 2.73 bits per heavy atom. The molecular formula is C24H19F2N3O4. The van der Waals surface area contributed by atoms with Crippen LogP contribution in [0.1, 0.15) is 45.5 Å². The van der Waals surface area contributed by atoms with Crippen molar-refractivity contribution in [3.8, 4) is 11.8 Å². The lowest BCUT2D eigenvalue weighted by atomic mass is 10.0. The number of rotatable bonds is 3. The fourth-order valence-corrected chi connectivity index (χ4v) is 3.84. The van der Waals surface area contributed by atoms with Crippen LogP contribution in [0, 0.1) is 30.4 Å². The van der Waals surface area contributed by atoms with E-state index >= 15 is 0 Å². The summed E-state index contributed by atoms with van der Waals surface area (Å²) in [7, 11) is 0. The monoisotopic (exact) mass is 451 g/mol. The Hall–Kier alpha value is -4.06. The summed E-state index contributed by atoms with van der Waals surface area (Å²) in [6.07, 6.45) is 0.455. The topological polar surface area (TPSA) is 95.6 Å². The molecule has 0 spiro atoms. The van der Waals surface area contributed by atoms with Gasteiger partial charge < -0.3 is 10.2 Å². The normalized spacial score (nSPS) is 17.2. The van der Waals surface area contributed by atoms with Crippen LogP contribution in [0.2, 0.25) is 0 Å². The molecule has 1 fully saturated rings. The van der Waals surface area contributed by atoms with Crippen molar-refractivity contribution in [3.05, 3.63) is 69.8 Å². The third-order valence-electron chi connectivity index (χ3n) is 5.60. The molecule has 168 valence electrons. The van der Waals surface area contributed by atoms with E-state index < -0.39 is 29.5 Å². The number of hydrogen-bond donors (Lipinski definition) is 2. The summed E-state index contributed by atoms with van der Waals surface area (Å²) < 4.78 is 27.1. The van der Waals surface area contributed by atoms with E-state index in [0.717, 1.165) is 6.07 Å². The van der Waals surface area contributed by atoms with Gasteiger partial charge in [-0.05, 0) is 42.2 Å². The highest BCUT2D eigenvalue weighted by Gasteiger charge is 2.39. The van der Waals surface area contributed by atoms with Crippen LogP contribution in [0.5, 0.6) is 0 Å². The van der Waals surface area contributed by atoms with E-state index in [1.54, 1.807) is 18.2 Å². The number of nitrogens with zero attached hydrogens (tertiary/aromatic N) is 1. The zero-order valence-corrected chi connectivity index (χ0v) is 17.6. The molecular weight excluding hydrogens is 432 g/mol. The maximum Gasteiger partial charge on any atom is 0.296 e. The fraction of sp³-hybridized carbons (Fsp3) is 0.250. The molecule has 2 aromatic rings. The maximum atomic E-state index is 13.8. The molecule has 0 aromatic heterocycles. The molecule has 0 saturated carbocycles. The average molecular weight is 451 g/mol. The second-order valence-electron chi connectivity index (χ2n) is 7.91. The number of carbonyl (C=O) groups excluding carboxylic acids is 4. The van der Waals surface area contributed by atoms with Gasteiger partial charge in [0.1, 0.15) is 17.7 Å². The Kier molecular flexibility index (Phi) is 5.92. The van der Waals surface area contributed by atoms with E-state index in [0.29, 0.717) is 16.7 Å². The first-order valence-electron chi connectivity index (χ1n) is 10.2. The minimum atomic E-state index is -0.845. The molecule has 7 nitrogen and oxygen atoms in total. The second-order valence-corrected chi connectivity index (χ2v) is 7.91. The van der Waals surface area contributed by atoms with Gasteiger partial charge in [0.15, 0.2) is 0 Å². The number of amides is 4. The molecule has 1 atom stereocenters. The molecule has 0 radical (unpaired) electrons. The summed E-state index contributed by atoms with van der Waals surface area (Å²) in [6.45, 7) is 1.82. The van der Waals surface area contributed by atoms with E-state index in [1.165, 1.54) is 17.9 Å². The van der Waals surface area contributed by atoms with Crippen LogP contribution in [0.4, 0.5) is 8.78 Å². The second kappa shape index (κ2) is 8.82. The van der Waals surface area contributed by atoms with Crippen LogP contribution in [0.25, 0.3) is 0 Å². The van der Waals surface area contributed by atoms with Crippen LogP contribution < -0.4 is 10.6 Å². The van der Waals surface area contributed by atoms with Crippen LogP contribution in [0.3, 0.4) is 0 Å². The largest absolute Gasteiger partial charge is 0.341 e. The standard InChI is InChI=1S/C24H19F2N3O4/c1-13-8-15(19(26)10-18(13)25)3-6-21(30)27-11-14-2-4-17-16(9-14)12-29(24(17)33)20-5-7-22(31)28-23(20)32/h2,4,8-10,20H,5,7,11-12H2,1H3,(H,27,30)(H,28,31,32). The lowest BCUT2D eigenvalue weighted by Crippen LogP contribution is -2.52. The summed E-state index contributed by atoms with van der Waals surface area (Å²) in [6, 6.07) is 6.33. The zero-order valence-electron chi connectivity index (χ0n) is 17.6. The molecule has 0 bridgehead atoms. The molecule has 4 amide bonds. The van der Waals surface area contributed by atoms with Gasteiger partial charge in [0.05, 0.1) is 5.56 Å². The van der Waals surface area contributed by atoms with Crippen molar-refractivity contribution in [2.24, 2.45) is 0 Å². The van der Waals surface area contributed by atoms with Crippen molar-refractivity contribution in [3.63, 3.8) is 0 Å². The number of carbonyl (C=O) groups is 4. The third-order valence-corrected chi connectivity index (χ3v) is 5.60. The minimum Gasteiger partial charge on any atom is -0.341 e. The summed E-state index contributed by atoms with van der Waals surface area (Å²) in [4.78, 5) is 49.7. The van der Waals surface area contributed by atoms with E-state index in [-0.39, 0.29) is 48.9 Å². The van der Waals surface area contributed by atoms with Gasteiger partial charge in [-0.15, -0.1) is 0 Å². The van der Waals surface area contributed by atoms with E-state index in [1.807, 2.05) is 0 Å². The van der Waals surface area contributed by atoms with Gasteiger partial charge in [-0.2, -0.15) is 0 Å². The SMILES string of the molecule is Cc1cc(C#CC(=O)NCc2ccc3c(c2)CN(C2CCC(=O)NC2=O)C3=O)c(F)cc1F. The number of nitrogens with one attached hydrogen (secondary N) is 2. The Labute approximate surface area is 188 Å². The average Bonchev–Trinajstić information content (AvgIpc) is 3.09. The Bertz CT molecular complexity index is 1260. The highest BCUT2D eigenvalue weighted by atomic mass is 19.1. The first kappa shape index (κ1) is 22.1. The van der Waals surface area contributed by atoms with E-state index in [9.17, 15) is 28.0 Å². The van der Waals surface area contributed by atoms with Crippen molar-refractivity contribution >= 4 is 23.6 Å².